The monoisotopic (exact) mass is 456 g/mol. The van der Waals surface area contributed by atoms with Crippen LogP contribution in [0, 0.1) is 21.7 Å². The molecule has 0 aromatic carbocycles. The van der Waals surface area contributed by atoms with Gasteiger partial charge in [-0.2, -0.15) is 0 Å². The Hall–Kier alpha value is 0.161. The second kappa shape index (κ2) is 11.4. The van der Waals surface area contributed by atoms with Crippen molar-refractivity contribution in [2.45, 2.75) is 95.9 Å². The molecule has 0 unspecified atom stereocenters. The predicted molar refractivity (Wildman–Crippen MR) is 113 cm³/mol. The summed E-state index contributed by atoms with van der Waals surface area (Å²) in [6.45, 7) is 22.1. The summed E-state index contributed by atoms with van der Waals surface area (Å²) in [5.41, 5.74) is -1.61. The van der Waals surface area contributed by atoms with Gasteiger partial charge in [0, 0.05) is 67.1 Å². The third-order valence-electron chi connectivity index (χ3n) is 3.99. The zero-order valence-electron chi connectivity index (χ0n) is 19.8. The smallest absolute Gasteiger partial charge is 0.145 e. The van der Waals surface area contributed by atoms with Crippen molar-refractivity contribution in [1.82, 2.24) is 0 Å². The van der Waals surface area contributed by atoms with Crippen LogP contribution in [0.15, 0.2) is 0 Å². The molecular weight excluding hydrogens is 416 g/mol. The average molecular weight is 456 g/mol. The van der Waals surface area contributed by atoms with Crippen LogP contribution in [-0.2, 0) is 19.2 Å². The Morgan fingerprint density at radius 1 is 0.407 bits per heavy atom. The van der Waals surface area contributed by atoms with E-state index in [-0.39, 0.29) is 81.5 Å². The van der Waals surface area contributed by atoms with E-state index in [9.17, 15) is 19.2 Å². The predicted octanol–water partition coefficient (Wildman–Crippen LogP) is 4.83. The molecule has 4 nitrogen and oxygen atoms in total. The molecule has 0 fully saturated rings. The Balaban J connectivity index is -0.000000411. The fourth-order valence-corrected chi connectivity index (χ4v) is 1.35. The van der Waals surface area contributed by atoms with Gasteiger partial charge in [-0.15, -0.1) is 0 Å². The molecule has 0 rings (SSSR count). The molecule has 0 aliphatic carbocycles. The molecule has 0 bridgehead atoms. The molecule has 0 atom stereocenters. The number of carbonyl (C=O) groups excluding carboxylic acids is 4. The third-order valence-corrected chi connectivity index (χ3v) is 3.99. The molecule has 0 aliphatic rings. The van der Waals surface area contributed by atoms with Gasteiger partial charge < -0.3 is 0 Å². The maximum absolute atomic E-state index is 11.5. The normalized spacial score (nSPS) is 12.3. The Labute approximate surface area is 203 Å². The summed E-state index contributed by atoms with van der Waals surface area (Å²) >= 11 is 0. The minimum Gasteiger partial charge on any atom is -0.299 e. The van der Waals surface area contributed by atoms with Gasteiger partial charge in [-0.1, -0.05) is 83.1 Å². The quantitative estimate of drug-likeness (QED) is 0.449. The number of hydrogen-bond acceptors (Lipinski definition) is 4. The summed E-state index contributed by atoms with van der Waals surface area (Å²) in [7, 11) is 0. The minimum atomic E-state index is -0.402. The first-order valence-corrected chi connectivity index (χ1v) is 9.23. The van der Waals surface area contributed by atoms with Crippen LogP contribution in [0.25, 0.3) is 0 Å². The zero-order valence-corrected chi connectivity index (χ0v) is 23.2. The largest absolute Gasteiger partial charge is 0.299 e. The van der Waals surface area contributed by atoms with Crippen molar-refractivity contribution in [2.24, 2.45) is 21.7 Å². The molecule has 0 aromatic rings. The Morgan fingerprint density at radius 3 is 0.593 bits per heavy atom. The molecule has 0 N–H and O–H groups in total. The van der Waals surface area contributed by atoms with E-state index in [0.717, 1.165) is 0 Å². The van der Waals surface area contributed by atoms with Gasteiger partial charge in [-0.3, -0.25) is 19.2 Å². The van der Waals surface area contributed by atoms with Crippen LogP contribution >= 0.6 is 0 Å². The summed E-state index contributed by atoms with van der Waals surface area (Å²) in [5, 5.41) is 0. The van der Waals surface area contributed by atoms with Gasteiger partial charge in [0.05, 0.1) is 12.8 Å². The van der Waals surface area contributed by atoms with E-state index < -0.39 is 21.7 Å². The molecular formula is C22H40O4Sr. The first kappa shape index (κ1) is 31.8. The van der Waals surface area contributed by atoms with E-state index in [1.807, 2.05) is 83.1 Å². The third kappa shape index (κ3) is 14.8. The Morgan fingerprint density at radius 2 is 0.519 bits per heavy atom. The maximum atomic E-state index is 11.5. The molecule has 154 valence electrons. The van der Waals surface area contributed by atoms with E-state index in [1.54, 1.807) is 0 Å². The van der Waals surface area contributed by atoms with Crippen LogP contribution in [0.1, 0.15) is 95.9 Å². The number of Topliss-reactive ketones (excluding diaryl/α,β-unsaturated/α-hetero) is 4. The second-order valence-electron chi connectivity index (χ2n) is 11.0. The SMILES string of the molecule is CC(C)(C)C(=O)CC(=O)C(C)(C)C.CC(C)(C)C(=O)CC(=O)C(C)(C)C.[Sr]. The number of carbonyl (C=O) groups is 4. The van der Waals surface area contributed by atoms with Gasteiger partial charge in [0.25, 0.3) is 0 Å². The van der Waals surface area contributed by atoms with Crippen molar-refractivity contribution >= 4 is 68.6 Å². The van der Waals surface area contributed by atoms with E-state index in [4.69, 9.17) is 0 Å². The summed E-state index contributed by atoms with van der Waals surface area (Å²) in [4.78, 5) is 46.0. The number of ketones is 4. The first-order valence-electron chi connectivity index (χ1n) is 9.23. The van der Waals surface area contributed by atoms with Crippen molar-refractivity contribution in [3.05, 3.63) is 0 Å². The van der Waals surface area contributed by atoms with Crippen molar-refractivity contribution in [3.8, 4) is 0 Å². The molecule has 0 saturated carbocycles. The molecule has 2 radical (unpaired) electrons. The van der Waals surface area contributed by atoms with Gasteiger partial charge in [0.15, 0.2) is 0 Å². The summed E-state index contributed by atoms with van der Waals surface area (Å²) in [5.74, 6) is 0.0831. The molecule has 0 amide bonds. The Bertz CT molecular complexity index is 435. The van der Waals surface area contributed by atoms with Crippen molar-refractivity contribution in [2.75, 3.05) is 0 Å². The minimum absolute atomic E-state index is 0. The molecule has 0 saturated heterocycles. The molecule has 0 spiro atoms. The van der Waals surface area contributed by atoms with Gasteiger partial charge >= 0.3 is 0 Å². The fourth-order valence-electron chi connectivity index (χ4n) is 1.35. The van der Waals surface area contributed by atoms with Crippen molar-refractivity contribution in [1.29, 1.82) is 0 Å². The van der Waals surface area contributed by atoms with Crippen LogP contribution < -0.4 is 0 Å². The average Bonchev–Trinajstić information content (AvgIpc) is 2.34. The van der Waals surface area contributed by atoms with E-state index in [1.165, 1.54) is 0 Å². The van der Waals surface area contributed by atoms with Crippen LogP contribution in [-0.4, -0.2) is 68.6 Å². The number of rotatable bonds is 4. The second-order valence-corrected chi connectivity index (χ2v) is 11.0. The summed E-state index contributed by atoms with van der Waals surface area (Å²) < 4.78 is 0. The van der Waals surface area contributed by atoms with E-state index in [2.05, 4.69) is 0 Å². The molecule has 5 heteroatoms. The van der Waals surface area contributed by atoms with Crippen LogP contribution in [0.3, 0.4) is 0 Å². The summed E-state index contributed by atoms with van der Waals surface area (Å²) in [6.07, 6.45) is 0.125. The Kier molecular flexibility index (Phi) is 13.4. The van der Waals surface area contributed by atoms with Crippen molar-refractivity contribution in [3.63, 3.8) is 0 Å². The van der Waals surface area contributed by atoms with E-state index >= 15 is 0 Å². The van der Waals surface area contributed by atoms with Crippen LogP contribution in [0.2, 0.25) is 0 Å². The zero-order chi connectivity index (χ0) is 21.7. The van der Waals surface area contributed by atoms with Gasteiger partial charge in [0.1, 0.15) is 23.1 Å². The number of hydrogen-bond donors (Lipinski definition) is 0. The van der Waals surface area contributed by atoms with Crippen LogP contribution in [0.5, 0.6) is 0 Å². The molecule has 0 aromatic heterocycles. The first-order chi connectivity index (χ1) is 11.1. The van der Waals surface area contributed by atoms with Gasteiger partial charge in [-0.25, -0.2) is 0 Å². The summed E-state index contributed by atoms with van der Waals surface area (Å²) in [6, 6.07) is 0. The molecule has 0 aliphatic heterocycles. The standard InChI is InChI=1S/2C11H20O2.Sr/c2*1-10(2,3)8(12)7-9(13)11(4,5)6;/h2*7H2,1-6H3;. The molecule has 0 heterocycles. The van der Waals surface area contributed by atoms with Crippen molar-refractivity contribution < 1.29 is 19.2 Å². The van der Waals surface area contributed by atoms with Crippen LogP contribution in [0.4, 0.5) is 0 Å². The topological polar surface area (TPSA) is 68.3 Å². The van der Waals surface area contributed by atoms with Gasteiger partial charge in [0.2, 0.25) is 0 Å². The van der Waals surface area contributed by atoms with E-state index in [0.29, 0.717) is 0 Å². The fraction of sp³-hybridized carbons (Fsp3) is 0.818. The van der Waals surface area contributed by atoms with Gasteiger partial charge in [-0.05, 0) is 0 Å². The maximum Gasteiger partial charge on any atom is 0.145 e. The molecule has 27 heavy (non-hydrogen) atoms.